The molecule has 1 aromatic heterocycles. The van der Waals surface area contributed by atoms with E-state index in [1.807, 2.05) is 39.1 Å². The van der Waals surface area contributed by atoms with Gasteiger partial charge in [-0.25, -0.2) is 0 Å². The van der Waals surface area contributed by atoms with Gasteiger partial charge in [0.25, 0.3) is 0 Å². The van der Waals surface area contributed by atoms with Crippen LogP contribution in [0.15, 0.2) is 22.7 Å². The molecule has 3 nitrogen and oxygen atoms in total. The molecule has 5 heteroatoms. The van der Waals surface area contributed by atoms with Gasteiger partial charge in [-0.05, 0) is 30.5 Å². The Kier molecular flexibility index (Phi) is 4.89. The Balaban J connectivity index is 2.25. The molecule has 0 bridgehead atoms. The summed E-state index contributed by atoms with van der Waals surface area (Å²) in [6.45, 7) is 4.03. The normalized spacial score (nSPS) is 12.7. The van der Waals surface area contributed by atoms with Crippen molar-refractivity contribution in [3.8, 4) is 0 Å². The number of nitrogens with zero attached hydrogens (tertiary/aromatic N) is 2. The standard InChI is InChI=1S/C15H18BrClN2O/c1-4-12-15(17)13(19(3)18-12)8-14(20)10-5-6-11(16)9(2)7-10/h5-7,14,20H,4,8H2,1-3H3. The fraction of sp³-hybridized carbons (Fsp3) is 0.400. The number of aromatic nitrogens is 2. The molecule has 0 spiro atoms. The number of aryl methyl sites for hydroxylation is 3. The van der Waals surface area contributed by atoms with Crippen molar-refractivity contribution < 1.29 is 5.11 Å². The number of halogens is 2. The molecule has 1 atom stereocenters. The molecule has 108 valence electrons. The van der Waals surface area contributed by atoms with E-state index in [2.05, 4.69) is 21.0 Å². The lowest BCUT2D eigenvalue weighted by molar-refractivity contribution is 0.175. The monoisotopic (exact) mass is 356 g/mol. The third-order valence-corrected chi connectivity index (χ3v) is 4.78. The number of aliphatic hydroxyl groups excluding tert-OH is 1. The van der Waals surface area contributed by atoms with Crippen LogP contribution in [0, 0.1) is 6.92 Å². The van der Waals surface area contributed by atoms with Gasteiger partial charge in [0.05, 0.1) is 22.5 Å². The summed E-state index contributed by atoms with van der Waals surface area (Å²) in [7, 11) is 1.86. The molecule has 2 aromatic rings. The van der Waals surface area contributed by atoms with Gasteiger partial charge in [0.2, 0.25) is 0 Å². The van der Waals surface area contributed by atoms with Gasteiger partial charge in [-0.15, -0.1) is 0 Å². The Labute approximate surface area is 132 Å². The fourth-order valence-corrected chi connectivity index (χ4v) is 2.84. The van der Waals surface area contributed by atoms with Crippen LogP contribution in [-0.4, -0.2) is 14.9 Å². The summed E-state index contributed by atoms with van der Waals surface area (Å²) in [6.07, 6.45) is 0.670. The summed E-state index contributed by atoms with van der Waals surface area (Å²) in [5, 5.41) is 15.4. The van der Waals surface area contributed by atoms with Crippen LogP contribution in [-0.2, 0) is 19.9 Å². The van der Waals surface area contributed by atoms with Crippen molar-refractivity contribution in [1.29, 1.82) is 0 Å². The zero-order chi connectivity index (χ0) is 14.9. The maximum atomic E-state index is 10.4. The third kappa shape index (κ3) is 3.08. The second-order valence-electron chi connectivity index (χ2n) is 4.91. The van der Waals surface area contributed by atoms with Gasteiger partial charge in [0.15, 0.2) is 0 Å². The number of hydrogen-bond acceptors (Lipinski definition) is 2. The summed E-state index contributed by atoms with van der Waals surface area (Å²) >= 11 is 9.78. The lowest BCUT2D eigenvalue weighted by Crippen LogP contribution is -2.07. The summed E-state index contributed by atoms with van der Waals surface area (Å²) in [5.74, 6) is 0. The van der Waals surface area contributed by atoms with Crippen LogP contribution < -0.4 is 0 Å². The molecular formula is C15H18BrClN2O. The summed E-state index contributed by atoms with van der Waals surface area (Å²) < 4.78 is 2.80. The number of rotatable bonds is 4. The highest BCUT2D eigenvalue weighted by Gasteiger charge is 2.18. The first kappa shape index (κ1) is 15.5. The van der Waals surface area contributed by atoms with Gasteiger partial charge in [-0.3, -0.25) is 4.68 Å². The van der Waals surface area contributed by atoms with Crippen molar-refractivity contribution in [3.63, 3.8) is 0 Å². The highest BCUT2D eigenvalue weighted by molar-refractivity contribution is 9.10. The second-order valence-corrected chi connectivity index (χ2v) is 6.15. The summed E-state index contributed by atoms with van der Waals surface area (Å²) in [5.41, 5.74) is 3.74. The van der Waals surface area contributed by atoms with Crippen LogP contribution >= 0.6 is 27.5 Å². The van der Waals surface area contributed by atoms with Gasteiger partial charge < -0.3 is 5.11 Å². The van der Waals surface area contributed by atoms with E-state index in [-0.39, 0.29) is 0 Å². The number of benzene rings is 1. The lowest BCUT2D eigenvalue weighted by atomic mass is 10.0. The molecule has 2 rings (SSSR count). The van der Waals surface area contributed by atoms with Crippen molar-refractivity contribution >= 4 is 27.5 Å². The Morgan fingerprint density at radius 3 is 2.70 bits per heavy atom. The molecule has 0 aliphatic heterocycles. The predicted octanol–water partition coefficient (Wildman–Crippen LogP) is 3.98. The summed E-state index contributed by atoms with van der Waals surface area (Å²) in [4.78, 5) is 0. The van der Waals surface area contributed by atoms with Crippen molar-refractivity contribution in [2.75, 3.05) is 0 Å². The Bertz CT molecular complexity index is 625. The molecule has 0 aliphatic rings. The molecule has 1 N–H and O–H groups in total. The van der Waals surface area contributed by atoms with Crippen molar-refractivity contribution in [2.45, 2.75) is 32.8 Å². The van der Waals surface area contributed by atoms with E-state index in [1.54, 1.807) is 4.68 Å². The van der Waals surface area contributed by atoms with E-state index in [1.165, 1.54) is 0 Å². The zero-order valence-electron chi connectivity index (χ0n) is 11.8. The Morgan fingerprint density at radius 1 is 1.45 bits per heavy atom. The van der Waals surface area contributed by atoms with Crippen LogP contribution in [0.1, 0.15) is 35.5 Å². The first-order valence-corrected chi connectivity index (χ1v) is 7.75. The lowest BCUT2D eigenvalue weighted by Gasteiger charge is -2.13. The van der Waals surface area contributed by atoms with Crippen LogP contribution in [0.2, 0.25) is 5.02 Å². The van der Waals surface area contributed by atoms with Gasteiger partial charge in [0.1, 0.15) is 0 Å². The molecule has 1 aromatic carbocycles. The van der Waals surface area contributed by atoms with Crippen molar-refractivity contribution in [2.24, 2.45) is 7.05 Å². The van der Waals surface area contributed by atoms with E-state index >= 15 is 0 Å². The smallest absolute Gasteiger partial charge is 0.0850 e. The molecule has 0 saturated heterocycles. The maximum Gasteiger partial charge on any atom is 0.0850 e. The minimum Gasteiger partial charge on any atom is -0.388 e. The quantitative estimate of drug-likeness (QED) is 0.898. The highest BCUT2D eigenvalue weighted by atomic mass is 79.9. The molecule has 1 unspecified atom stereocenters. The average molecular weight is 358 g/mol. The molecule has 0 saturated carbocycles. The average Bonchev–Trinajstić information content (AvgIpc) is 2.69. The molecule has 0 fully saturated rings. The molecule has 0 aliphatic carbocycles. The van der Waals surface area contributed by atoms with Crippen molar-refractivity contribution in [1.82, 2.24) is 9.78 Å². The zero-order valence-corrected chi connectivity index (χ0v) is 14.2. The van der Waals surface area contributed by atoms with E-state index in [9.17, 15) is 5.11 Å². The summed E-state index contributed by atoms with van der Waals surface area (Å²) in [6, 6.07) is 5.86. The van der Waals surface area contributed by atoms with Gasteiger partial charge >= 0.3 is 0 Å². The predicted molar refractivity (Wildman–Crippen MR) is 85.1 cm³/mol. The van der Waals surface area contributed by atoms with Gasteiger partial charge in [0, 0.05) is 17.9 Å². The van der Waals surface area contributed by atoms with E-state index in [0.29, 0.717) is 11.4 Å². The van der Waals surface area contributed by atoms with Crippen LogP contribution in [0.4, 0.5) is 0 Å². The first-order valence-electron chi connectivity index (χ1n) is 6.58. The van der Waals surface area contributed by atoms with Gasteiger partial charge in [-0.2, -0.15) is 5.10 Å². The van der Waals surface area contributed by atoms with E-state index < -0.39 is 6.10 Å². The van der Waals surface area contributed by atoms with Gasteiger partial charge in [-0.1, -0.05) is 46.6 Å². The Hall–Kier alpha value is -0.840. The maximum absolute atomic E-state index is 10.4. The molecular weight excluding hydrogens is 340 g/mol. The Morgan fingerprint density at radius 2 is 2.15 bits per heavy atom. The fourth-order valence-electron chi connectivity index (χ4n) is 2.22. The number of aliphatic hydroxyl groups is 1. The molecule has 20 heavy (non-hydrogen) atoms. The van der Waals surface area contributed by atoms with E-state index in [0.717, 1.165) is 33.4 Å². The van der Waals surface area contributed by atoms with Crippen LogP contribution in [0.3, 0.4) is 0 Å². The highest BCUT2D eigenvalue weighted by Crippen LogP contribution is 2.28. The second kappa shape index (κ2) is 6.29. The van der Waals surface area contributed by atoms with Crippen LogP contribution in [0.5, 0.6) is 0 Å². The largest absolute Gasteiger partial charge is 0.388 e. The van der Waals surface area contributed by atoms with Crippen LogP contribution in [0.25, 0.3) is 0 Å². The first-order chi connectivity index (χ1) is 9.43. The SMILES string of the molecule is CCc1nn(C)c(CC(O)c2ccc(Br)c(C)c2)c1Cl. The topological polar surface area (TPSA) is 38.0 Å². The van der Waals surface area contributed by atoms with Crippen molar-refractivity contribution in [3.05, 3.63) is 50.2 Å². The molecule has 0 amide bonds. The minimum atomic E-state index is -0.584. The third-order valence-electron chi connectivity index (χ3n) is 3.46. The molecule has 1 heterocycles. The molecule has 0 radical (unpaired) electrons. The number of hydrogen-bond donors (Lipinski definition) is 1. The van der Waals surface area contributed by atoms with E-state index in [4.69, 9.17) is 11.6 Å². The minimum absolute atomic E-state index is 0.462.